The number of nitrogens with zero attached hydrogens (tertiary/aromatic N) is 2. The Balaban J connectivity index is 2.17. The molecule has 0 radical (unpaired) electrons. The molecule has 15 heavy (non-hydrogen) atoms. The van der Waals surface area contributed by atoms with E-state index in [9.17, 15) is 0 Å². The van der Waals surface area contributed by atoms with Gasteiger partial charge in [0.05, 0.1) is 34.6 Å². The summed E-state index contributed by atoms with van der Waals surface area (Å²) in [7, 11) is 1.90. The fourth-order valence-electron chi connectivity index (χ4n) is 2.07. The minimum absolute atomic E-state index is 0.100. The van der Waals surface area contributed by atoms with E-state index in [1.165, 1.54) is 0 Å². The van der Waals surface area contributed by atoms with E-state index in [1.54, 1.807) is 10.9 Å². The van der Waals surface area contributed by atoms with Gasteiger partial charge in [0.25, 0.3) is 0 Å². The van der Waals surface area contributed by atoms with Gasteiger partial charge in [0.2, 0.25) is 0 Å². The lowest BCUT2D eigenvalue weighted by atomic mass is 10.1. The highest BCUT2D eigenvalue weighted by Crippen LogP contribution is 2.31. The number of halogens is 1. The third-order valence-electron chi connectivity index (χ3n) is 2.92. The van der Waals surface area contributed by atoms with Gasteiger partial charge in [-0.2, -0.15) is 5.10 Å². The van der Waals surface area contributed by atoms with Gasteiger partial charge in [0, 0.05) is 7.05 Å². The molecule has 1 aromatic heterocycles. The molecular formula is C10H16BrN3O. The maximum absolute atomic E-state index is 6.19. The molecule has 1 fully saturated rings. The number of aromatic nitrogens is 2. The van der Waals surface area contributed by atoms with E-state index in [0.29, 0.717) is 6.10 Å². The molecule has 0 saturated carbocycles. The standard InChI is InChI=1S/C10H16BrN3O/c1-6-3-4-8(15-6)9(12)10-7(11)5-13-14(10)2/h5-6,8-9H,3-4,12H2,1-2H3. The van der Waals surface area contributed by atoms with Crippen LogP contribution in [0.25, 0.3) is 0 Å². The summed E-state index contributed by atoms with van der Waals surface area (Å²) >= 11 is 3.46. The van der Waals surface area contributed by atoms with Crippen LogP contribution in [0.5, 0.6) is 0 Å². The van der Waals surface area contributed by atoms with Crippen molar-refractivity contribution in [3.05, 3.63) is 16.4 Å². The zero-order valence-corrected chi connectivity index (χ0v) is 10.6. The summed E-state index contributed by atoms with van der Waals surface area (Å²) in [6, 6.07) is -0.100. The van der Waals surface area contributed by atoms with E-state index in [2.05, 4.69) is 28.0 Å². The summed E-state index contributed by atoms with van der Waals surface area (Å²) in [5.74, 6) is 0. The lowest BCUT2D eigenvalue weighted by Crippen LogP contribution is -2.28. The Labute approximate surface area is 97.9 Å². The van der Waals surface area contributed by atoms with Crippen LogP contribution in [-0.4, -0.2) is 22.0 Å². The van der Waals surface area contributed by atoms with Crippen molar-refractivity contribution >= 4 is 15.9 Å². The SMILES string of the molecule is CC1CCC(C(N)c2c(Br)cnn2C)O1. The lowest BCUT2D eigenvalue weighted by Gasteiger charge is -2.20. The minimum atomic E-state index is -0.100. The number of nitrogens with two attached hydrogens (primary N) is 1. The highest BCUT2D eigenvalue weighted by Gasteiger charge is 2.30. The maximum atomic E-state index is 6.19. The van der Waals surface area contributed by atoms with Gasteiger partial charge in [-0.15, -0.1) is 0 Å². The molecular weight excluding hydrogens is 258 g/mol. The Morgan fingerprint density at radius 3 is 2.87 bits per heavy atom. The third kappa shape index (κ3) is 2.09. The summed E-state index contributed by atoms with van der Waals surface area (Å²) in [6.07, 6.45) is 4.33. The van der Waals surface area contributed by atoms with Crippen LogP contribution in [0.1, 0.15) is 31.5 Å². The number of aryl methyl sites for hydroxylation is 1. The highest BCUT2D eigenvalue weighted by molar-refractivity contribution is 9.10. The molecule has 1 aromatic rings. The second-order valence-corrected chi connectivity index (χ2v) is 4.94. The lowest BCUT2D eigenvalue weighted by molar-refractivity contribution is 0.0384. The fourth-order valence-corrected chi connectivity index (χ4v) is 2.68. The van der Waals surface area contributed by atoms with Crippen molar-refractivity contribution in [1.82, 2.24) is 9.78 Å². The molecule has 3 unspecified atom stereocenters. The van der Waals surface area contributed by atoms with Crippen molar-refractivity contribution in [2.75, 3.05) is 0 Å². The van der Waals surface area contributed by atoms with E-state index in [1.807, 2.05) is 7.05 Å². The molecule has 0 aliphatic carbocycles. The number of rotatable bonds is 2. The van der Waals surface area contributed by atoms with Crippen LogP contribution < -0.4 is 5.73 Å². The summed E-state index contributed by atoms with van der Waals surface area (Å²) in [6.45, 7) is 2.09. The molecule has 0 aromatic carbocycles. The zero-order valence-electron chi connectivity index (χ0n) is 8.98. The van der Waals surface area contributed by atoms with Gasteiger partial charge in [0.1, 0.15) is 0 Å². The van der Waals surface area contributed by atoms with Crippen molar-refractivity contribution in [3.63, 3.8) is 0 Å². The molecule has 2 N–H and O–H groups in total. The number of hydrogen-bond acceptors (Lipinski definition) is 3. The summed E-state index contributed by atoms with van der Waals surface area (Å²) in [5.41, 5.74) is 7.20. The monoisotopic (exact) mass is 273 g/mol. The average Bonchev–Trinajstić information content (AvgIpc) is 2.73. The Morgan fingerprint density at radius 1 is 1.67 bits per heavy atom. The van der Waals surface area contributed by atoms with E-state index < -0.39 is 0 Å². The topological polar surface area (TPSA) is 53.1 Å². The predicted octanol–water partition coefficient (Wildman–Crippen LogP) is 1.75. The first-order valence-electron chi connectivity index (χ1n) is 5.18. The largest absolute Gasteiger partial charge is 0.373 e. The van der Waals surface area contributed by atoms with Crippen LogP contribution in [0, 0.1) is 0 Å². The first-order chi connectivity index (χ1) is 7.09. The van der Waals surface area contributed by atoms with Crippen LogP contribution in [0.3, 0.4) is 0 Å². The van der Waals surface area contributed by atoms with Gasteiger partial charge in [0.15, 0.2) is 0 Å². The van der Waals surface area contributed by atoms with Crippen molar-refractivity contribution in [1.29, 1.82) is 0 Å². The molecule has 3 atom stereocenters. The summed E-state index contributed by atoms with van der Waals surface area (Å²) in [4.78, 5) is 0. The molecule has 84 valence electrons. The van der Waals surface area contributed by atoms with E-state index in [0.717, 1.165) is 23.0 Å². The normalized spacial score (nSPS) is 28.3. The molecule has 2 heterocycles. The Bertz CT molecular complexity index is 333. The first kappa shape index (κ1) is 11.1. The van der Waals surface area contributed by atoms with Crippen molar-refractivity contribution in [2.24, 2.45) is 12.8 Å². The third-order valence-corrected chi connectivity index (χ3v) is 3.53. The van der Waals surface area contributed by atoms with Crippen molar-refractivity contribution < 1.29 is 4.74 Å². The predicted molar refractivity (Wildman–Crippen MR) is 61.4 cm³/mol. The molecule has 1 aliphatic heterocycles. The van der Waals surface area contributed by atoms with E-state index in [4.69, 9.17) is 10.5 Å². The second kappa shape index (κ2) is 4.23. The van der Waals surface area contributed by atoms with Crippen molar-refractivity contribution in [3.8, 4) is 0 Å². The molecule has 5 heteroatoms. The Kier molecular flexibility index (Phi) is 3.13. The Hall–Kier alpha value is -0.390. The zero-order chi connectivity index (χ0) is 11.0. The quantitative estimate of drug-likeness (QED) is 0.893. The van der Waals surface area contributed by atoms with Crippen LogP contribution >= 0.6 is 15.9 Å². The Morgan fingerprint density at radius 2 is 2.40 bits per heavy atom. The van der Waals surface area contributed by atoms with Crippen LogP contribution in [-0.2, 0) is 11.8 Å². The molecule has 0 amide bonds. The van der Waals surface area contributed by atoms with Gasteiger partial charge in [-0.25, -0.2) is 0 Å². The van der Waals surface area contributed by atoms with E-state index >= 15 is 0 Å². The van der Waals surface area contributed by atoms with Gasteiger partial charge in [-0.1, -0.05) is 0 Å². The molecule has 0 spiro atoms. The van der Waals surface area contributed by atoms with Crippen LogP contribution in [0.15, 0.2) is 10.7 Å². The van der Waals surface area contributed by atoms with Crippen LogP contribution in [0.2, 0.25) is 0 Å². The number of hydrogen-bond donors (Lipinski definition) is 1. The molecule has 0 bridgehead atoms. The van der Waals surface area contributed by atoms with Gasteiger partial charge < -0.3 is 10.5 Å². The van der Waals surface area contributed by atoms with E-state index in [-0.39, 0.29) is 12.1 Å². The number of ether oxygens (including phenoxy) is 1. The molecule has 2 rings (SSSR count). The maximum Gasteiger partial charge on any atom is 0.0787 e. The fraction of sp³-hybridized carbons (Fsp3) is 0.700. The minimum Gasteiger partial charge on any atom is -0.373 e. The van der Waals surface area contributed by atoms with Gasteiger partial charge in [-0.3, -0.25) is 4.68 Å². The smallest absolute Gasteiger partial charge is 0.0787 e. The summed E-state index contributed by atoms with van der Waals surface area (Å²) in [5, 5.41) is 4.16. The molecule has 4 nitrogen and oxygen atoms in total. The molecule has 1 saturated heterocycles. The average molecular weight is 274 g/mol. The van der Waals surface area contributed by atoms with Crippen LogP contribution in [0.4, 0.5) is 0 Å². The molecule has 1 aliphatic rings. The highest BCUT2D eigenvalue weighted by atomic mass is 79.9. The van der Waals surface area contributed by atoms with Gasteiger partial charge >= 0.3 is 0 Å². The van der Waals surface area contributed by atoms with Gasteiger partial charge in [-0.05, 0) is 35.7 Å². The first-order valence-corrected chi connectivity index (χ1v) is 5.97. The van der Waals surface area contributed by atoms with Crippen molar-refractivity contribution in [2.45, 2.75) is 38.0 Å². The second-order valence-electron chi connectivity index (χ2n) is 4.09. The summed E-state index contributed by atoms with van der Waals surface area (Å²) < 4.78 is 8.54.